The second-order valence-corrected chi connectivity index (χ2v) is 7.86. The Morgan fingerprint density at radius 2 is 1.83 bits per heavy atom. The molecule has 0 bridgehead atoms. The number of para-hydroxylation sites is 1. The quantitative estimate of drug-likeness (QED) is 0.639. The second kappa shape index (κ2) is 7.14. The van der Waals surface area contributed by atoms with Gasteiger partial charge in [-0.15, -0.1) is 5.10 Å². The highest BCUT2D eigenvalue weighted by molar-refractivity contribution is 6.33. The zero-order chi connectivity index (χ0) is 20.0. The summed E-state index contributed by atoms with van der Waals surface area (Å²) in [4.78, 5) is 27.8. The minimum atomic E-state index is -0.0106. The molecule has 2 aromatic heterocycles. The van der Waals surface area contributed by atoms with Crippen LogP contribution in [0.15, 0.2) is 30.6 Å². The van der Waals surface area contributed by atoms with Crippen LogP contribution in [0.4, 0.5) is 11.5 Å². The summed E-state index contributed by atoms with van der Waals surface area (Å²) in [6.07, 6.45) is 1.52. The van der Waals surface area contributed by atoms with E-state index in [-0.39, 0.29) is 11.8 Å². The van der Waals surface area contributed by atoms with Gasteiger partial charge in [-0.3, -0.25) is 4.79 Å². The number of anilines is 2. The van der Waals surface area contributed by atoms with E-state index in [0.717, 1.165) is 29.6 Å². The standard InChI is InChI=1S/C19H21ClN8O/c1-25-17-16(23-24-25)18(22-12-21-17)28-10-13(11-28)19(29)27-8-6-26(7-9-27)15-5-3-2-4-14(15)20/h2-5,12-13H,6-11H2,1H3. The minimum absolute atomic E-state index is 0.0106. The Hall–Kier alpha value is -2.94. The van der Waals surface area contributed by atoms with Crippen LogP contribution in [0.1, 0.15) is 0 Å². The highest BCUT2D eigenvalue weighted by Crippen LogP contribution is 2.30. The van der Waals surface area contributed by atoms with Crippen LogP contribution in [-0.4, -0.2) is 75.0 Å². The molecule has 10 heteroatoms. The Morgan fingerprint density at radius 1 is 1.07 bits per heavy atom. The van der Waals surface area contributed by atoms with Gasteiger partial charge in [0.2, 0.25) is 5.91 Å². The third kappa shape index (κ3) is 3.15. The van der Waals surface area contributed by atoms with Crippen LogP contribution in [-0.2, 0) is 11.8 Å². The predicted molar refractivity (Wildman–Crippen MR) is 110 cm³/mol. The van der Waals surface area contributed by atoms with E-state index in [9.17, 15) is 4.79 Å². The summed E-state index contributed by atoms with van der Waals surface area (Å²) in [5, 5.41) is 8.92. The van der Waals surface area contributed by atoms with E-state index < -0.39 is 0 Å². The van der Waals surface area contributed by atoms with Crippen molar-refractivity contribution in [3.63, 3.8) is 0 Å². The zero-order valence-corrected chi connectivity index (χ0v) is 16.8. The van der Waals surface area contributed by atoms with Gasteiger partial charge in [0, 0.05) is 46.3 Å². The molecule has 1 aromatic carbocycles. The Balaban J connectivity index is 1.20. The van der Waals surface area contributed by atoms with Crippen molar-refractivity contribution in [1.82, 2.24) is 29.9 Å². The maximum absolute atomic E-state index is 12.9. The number of aromatic nitrogens is 5. The zero-order valence-electron chi connectivity index (χ0n) is 16.1. The number of benzene rings is 1. The molecule has 1 amide bonds. The maximum atomic E-state index is 12.9. The van der Waals surface area contributed by atoms with E-state index in [1.165, 1.54) is 6.33 Å². The number of fused-ring (bicyclic) bond motifs is 1. The van der Waals surface area contributed by atoms with E-state index in [0.29, 0.717) is 37.3 Å². The van der Waals surface area contributed by atoms with Gasteiger partial charge in [-0.2, -0.15) is 0 Å². The molecular weight excluding hydrogens is 392 g/mol. The minimum Gasteiger partial charge on any atom is -0.367 e. The number of rotatable bonds is 3. The Kier molecular flexibility index (Phi) is 4.46. The van der Waals surface area contributed by atoms with Crippen LogP contribution in [0.25, 0.3) is 11.2 Å². The summed E-state index contributed by atoms with van der Waals surface area (Å²) in [5.74, 6) is 0.948. The third-order valence-electron chi connectivity index (χ3n) is 5.68. The molecule has 2 saturated heterocycles. The molecule has 4 heterocycles. The number of carbonyl (C=O) groups is 1. The number of nitrogens with zero attached hydrogens (tertiary/aromatic N) is 8. The molecule has 0 atom stereocenters. The van der Waals surface area contributed by atoms with Crippen LogP contribution in [0.2, 0.25) is 5.02 Å². The van der Waals surface area contributed by atoms with E-state index in [1.54, 1.807) is 11.7 Å². The molecule has 2 fully saturated rings. The number of amides is 1. The number of aryl methyl sites for hydroxylation is 1. The average Bonchev–Trinajstić information content (AvgIpc) is 3.09. The van der Waals surface area contributed by atoms with Gasteiger partial charge < -0.3 is 14.7 Å². The van der Waals surface area contributed by atoms with Crippen LogP contribution in [0.3, 0.4) is 0 Å². The van der Waals surface area contributed by atoms with Crippen molar-refractivity contribution < 1.29 is 4.79 Å². The lowest BCUT2D eigenvalue weighted by Gasteiger charge is -2.43. The Labute approximate surface area is 172 Å². The summed E-state index contributed by atoms with van der Waals surface area (Å²) in [6, 6.07) is 7.85. The van der Waals surface area contributed by atoms with Gasteiger partial charge in [-0.05, 0) is 12.1 Å². The van der Waals surface area contributed by atoms with Gasteiger partial charge in [0.1, 0.15) is 6.33 Å². The molecule has 2 aliphatic rings. The molecule has 5 rings (SSSR count). The highest BCUT2D eigenvalue weighted by Gasteiger charge is 2.38. The molecule has 3 aromatic rings. The summed E-state index contributed by atoms with van der Waals surface area (Å²) >= 11 is 6.31. The normalized spacial score (nSPS) is 17.7. The smallest absolute Gasteiger partial charge is 0.229 e. The first-order valence-electron chi connectivity index (χ1n) is 9.65. The molecule has 2 aliphatic heterocycles. The number of halogens is 1. The van der Waals surface area contributed by atoms with Crippen molar-refractivity contribution in [2.24, 2.45) is 13.0 Å². The predicted octanol–water partition coefficient (Wildman–Crippen LogP) is 1.20. The second-order valence-electron chi connectivity index (χ2n) is 7.45. The first-order chi connectivity index (χ1) is 14.1. The van der Waals surface area contributed by atoms with E-state index in [1.807, 2.05) is 29.2 Å². The third-order valence-corrected chi connectivity index (χ3v) is 6.00. The Bertz CT molecular complexity index is 1060. The lowest BCUT2D eigenvalue weighted by molar-refractivity contribution is -0.136. The van der Waals surface area contributed by atoms with Gasteiger partial charge in [0.15, 0.2) is 17.0 Å². The topological polar surface area (TPSA) is 83.3 Å². The van der Waals surface area contributed by atoms with Gasteiger partial charge in [0.05, 0.1) is 16.6 Å². The van der Waals surface area contributed by atoms with E-state index in [4.69, 9.17) is 11.6 Å². The van der Waals surface area contributed by atoms with Crippen molar-refractivity contribution in [2.75, 3.05) is 49.1 Å². The fraction of sp³-hybridized carbons (Fsp3) is 0.421. The lowest BCUT2D eigenvalue weighted by atomic mass is 9.98. The summed E-state index contributed by atoms with van der Waals surface area (Å²) in [7, 11) is 1.80. The molecule has 150 valence electrons. The van der Waals surface area contributed by atoms with Gasteiger partial charge >= 0.3 is 0 Å². The summed E-state index contributed by atoms with van der Waals surface area (Å²) < 4.78 is 1.63. The molecule has 0 aliphatic carbocycles. The number of hydrogen-bond donors (Lipinski definition) is 0. The first-order valence-corrected chi connectivity index (χ1v) is 10.0. The number of piperazine rings is 1. The number of carbonyl (C=O) groups excluding carboxylic acids is 1. The Morgan fingerprint density at radius 3 is 2.59 bits per heavy atom. The van der Waals surface area contributed by atoms with Gasteiger partial charge in [-0.1, -0.05) is 28.9 Å². The molecule has 0 radical (unpaired) electrons. The molecule has 0 unspecified atom stereocenters. The van der Waals surface area contributed by atoms with Crippen LogP contribution >= 0.6 is 11.6 Å². The highest BCUT2D eigenvalue weighted by atomic mass is 35.5. The maximum Gasteiger partial charge on any atom is 0.229 e. The van der Waals surface area contributed by atoms with E-state index >= 15 is 0 Å². The SMILES string of the molecule is Cn1nnc2c(N3CC(C(=O)N4CCN(c5ccccc5Cl)CC4)C3)ncnc21. The first kappa shape index (κ1) is 18.1. The molecule has 0 saturated carbocycles. The monoisotopic (exact) mass is 412 g/mol. The van der Waals surface area contributed by atoms with Crippen molar-refractivity contribution in [2.45, 2.75) is 0 Å². The molecule has 0 spiro atoms. The fourth-order valence-electron chi connectivity index (χ4n) is 4.01. The van der Waals surface area contributed by atoms with Crippen LogP contribution in [0.5, 0.6) is 0 Å². The molecule has 0 N–H and O–H groups in total. The number of hydrogen-bond acceptors (Lipinski definition) is 7. The van der Waals surface area contributed by atoms with Gasteiger partial charge in [0.25, 0.3) is 0 Å². The summed E-state index contributed by atoms with van der Waals surface area (Å²) in [5.41, 5.74) is 2.41. The molecular formula is C19H21ClN8O. The largest absolute Gasteiger partial charge is 0.367 e. The van der Waals surface area contributed by atoms with Crippen molar-refractivity contribution >= 4 is 40.2 Å². The van der Waals surface area contributed by atoms with Crippen molar-refractivity contribution in [3.8, 4) is 0 Å². The van der Waals surface area contributed by atoms with Crippen molar-refractivity contribution in [1.29, 1.82) is 0 Å². The van der Waals surface area contributed by atoms with Gasteiger partial charge in [-0.25, -0.2) is 14.6 Å². The van der Waals surface area contributed by atoms with Crippen LogP contribution < -0.4 is 9.80 Å². The molecule has 29 heavy (non-hydrogen) atoms. The fourth-order valence-corrected chi connectivity index (χ4v) is 4.27. The lowest BCUT2D eigenvalue weighted by Crippen LogP contribution is -2.58. The van der Waals surface area contributed by atoms with E-state index in [2.05, 4.69) is 30.1 Å². The average molecular weight is 413 g/mol. The van der Waals surface area contributed by atoms with Crippen LogP contribution in [0, 0.1) is 5.92 Å². The summed E-state index contributed by atoms with van der Waals surface area (Å²) in [6.45, 7) is 4.29. The molecule has 9 nitrogen and oxygen atoms in total. The van der Waals surface area contributed by atoms with Crippen molar-refractivity contribution in [3.05, 3.63) is 35.6 Å².